The van der Waals surface area contributed by atoms with Crippen LogP contribution >= 0.6 is 0 Å². The second-order valence-corrected chi connectivity index (χ2v) is 5.74. The molecule has 0 fully saturated rings. The van der Waals surface area contributed by atoms with Crippen LogP contribution in [-0.4, -0.2) is 11.7 Å². The third-order valence-electron chi connectivity index (χ3n) is 2.01. The van der Waals surface area contributed by atoms with Gasteiger partial charge in [0.1, 0.15) is 0 Å². The smallest absolute Gasteiger partial charge is 0.325 e. The minimum Gasteiger partial charge on any atom is -0.475 e. The molecule has 0 unspecified atom stereocenters. The molecule has 0 aromatic heterocycles. The van der Waals surface area contributed by atoms with E-state index in [2.05, 4.69) is 47.3 Å². The summed E-state index contributed by atoms with van der Waals surface area (Å²) in [7, 11) is 0. The highest BCUT2D eigenvalue weighted by Crippen LogP contribution is 2.38. The van der Waals surface area contributed by atoms with Crippen molar-refractivity contribution in [3.8, 4) is 0 Å². The van der Waals surface area contributed by atoms with E-state index in [0.717, 1.165) is 5.57 Å². The zero-order valence-corrected chi connectivity index (χ0v) is 11.1. The molecule has 1 N–H and O–H groups in total. The van der Waals surface area contributed by atoms with E-state index in [1.165, 1.54) is 0 Å². The van der Waals surface area contributed by atoms with Gasteiger partial charge in [-0.2, -0.15) is 0 Å². The van der Waals surface area contributed by atoms with Gasteiger partial charge in [0, 0.05) is 0 Å². The van der Waals surface area contributed by atoms with Gasteiger partial charge in [0.05, 0.1) is 6.61 Å². The molecule has 0 bridgehead atoms. The normalized spacial score (nSPS) is 11.9. The molecule has 0 aliphatic heterocycles. The van der Waals surface area contributed by atoms with Crippen LogP contribution in [0.25, 0.3) is 0 Å². The van der Waals surface area contributed by atoms with Gasteiger partial charge in [0.2, 0.25) is 0 Å². The molecule has 0 rings (SSSR count). The highest BCUT2D eigenvalue weighted by molar-refractivity contribution is 5.17. The molecule has 2 heteroatoms. The third kappa shape index (κ3) is 4.94. The Morgan fingerprint density at radius 2 is 1.47 bits per heavy atom. The van der Waals surface area contributed by atoms with Crippen molar-refractivity contribution in [1.82, 2.24) is 0 Å². The first-order valence-corrected chi connectivity index (χ1v) is 5.42. The number of hydrogen-bond donors (Lipinski definition) is 1. The average Bonchev–Trinajstić information content (AvgIpc) is 1.96. The van der Waals surface area contributed by atoms with Gasteiger partial charge < -0.3 is 9.84 Å². The summed E-state index contributed by atoms with van der Waals surface area (Å²) in [5, 5.41) is 9.51. The number of hydrogen-bond acceptors (Lipinski definition) is 2. The van der Waals surface area contributed by atoms with Crippen LogP contribution in [0.3, 0.4) is 0 Å². The summed E-state index contributed by atoms with van der Waals surface area (Å²) in [4.78, 5) is 0. The second-order valence-electron chi connectivity index (χ2n) is 5.74. The van der Waals surface area contributed by atoms with Crippen LogP contribution in [0.5, 0.6) is 0 Å². The highest BCUT2D eigenvalue weighted by Gasteiger charge is 2.28. The van der Waals surface area contributed by atoms with Gasteiger partial charge in [0.25, 0.3) is 0 Å². The summed E-state index contributed by atoms with van der Waals surface area (Å²) in [5.74, 6) is -0.114. The van der Waals surface area contributed by atoms with Gasteiger partial charge in [0.15, 0.2) is 0 Å². The molecule has 0 aromatic carbocycles. The van der Waals surface area contributed by atoms with Crippen molar-refractivity contribution in [2.45, 2.75) is 48.5 Å². The molecule has 0 radical (unpaired) electrons. The van der Waals surface area contributed by atoms with Crippen LogP contribution in [-0.2, 0) is 4.74 Å². The summed E-state index contributed by atoms with van der Waals surface area (Å²) < 4.78 is 5.00. The Morgan fingerprint density at radius 1 is 1.07 bits per heavy atom. The summed E-state index contributed by atoms with van der Waals surface area (Å²) in [6.07, 6.45) is 0. The molecule has 0 aliphatic carbocycles. The number of aliphatic hydroxyl groups is 1. The van der Waals surface area contributed by atoms with Gasteiger partial charge >= 0.3 is 5.95 Å². The molecule has 0 spiro atoms. The quantitative estimate of drug-likeness (QED) is 0.553. The number of rotatable bonds is 2. The third-order valence-corrected chi connectivity index (χ3v) is 2.01. The molecule has 88 valence electrons. The Morgan fingerprint density at radius 3 is 1.73 bits per heavy atom. The largest absolute Gasteiger partial charge is 0.475 e. The Hall–Kier alpha value is -0.880. The standard InChI is InChI=1S/C13H24O2/c1-8-15-11(14)9-10(12(2,3)4)13(5,6)7/h14H,8H2,1-7H3. The van der Waals surface area contributed by atoms with Crippen molar-refractivity contribution in [3.63, 3.8) is 0 Å². The maximum Gasteiger partial charge on any atom is 0.325 e. The number of ether oxygens (including phenoxy) is 1. The van der Waals surface area contributed by atoms with E-state index in [-0.39, 0.29) is 16.8 Å². The van der Waals surface area contributed by atoms with Crippen LogP contribution in [0, 0.1) is 10.8 Å². The Balaban J connectivity index is 5.41. The lowest BCUT2D eigenvalue weighted by molar-refractivity contribution is 0.102. The zero-order chi connectivity index (χ0) is 12.3. The topological polar surface area (TPSA) is 29.5 Å². The minimum absolute atomic E-state index is 0.0245. The fourth-order valence-electron chi connectivity index (χ4n) is 1.78. The molecule has 15 heavy (non-hydrogen) atoms. The van der Waals surface area contributed by atoms with Crippen molar-refractivity contribution < 1.29 is 9.84 Å². The van der Waals surface area contributed by atoms with E-state index in [1.807, 2.05) is 6.92 Å². The SMILES string of the molecule is CCOC(O)=C=C(C(C)(C)C)C(C)(C)C. The Bertz CT molecular complexity index is 252. The van der Waals surface area contributed by atoms with Crippen molar-refractivity contribution in [3.05, 3.63) is 17.2 Å². The molecule has 2 nitrogen and oxygen atoms in total. The summed E-state index contributed by atoms with van der Waals surface area (Å²) in [6.45, 7) is 15.0. The van der Waals surface area contributed by atoms with E-state index < -0.39 is 0 Å². The molecule has 0 saturated heterocycles. The fourth-order valence-corrected chi connectivity index (χ4v) is 1.78. The van der Waals surface area contributed by atoms with Crippen LogP contribution < -0.4 is 0 Å². The highest BCUT2D eigenvalue weighted by atomic mass is 16.6. The zero-order valence-electron chi connectivity index (χ0n) is 11.1. The molecular weight excluding hydrogens is 188 g/mol. The lowest BCUT2D eigenvalue weighted by Crippen LogP contribution is -2.21. The summed E-state index contributed by atoms with van der Waals surface area (Å²) in [6, 6.07) is 0. The number of allylic oxidation sites excluding steroid dienone is 1. The Labute approximate surface area is 93.6 Å². The summed E-state index contributed by atoms with van der Waals surface area (Å²) in [5.41, 5.74) is 3.97. The van der Waals surface area contributed by atoms with E-state index >= 15 is 0 Å². The van der Waals surface area contributed by atoms with Crippen molar-refractivity contribution >= 4 is 0 Å². The van der Waals surface area contributed by atoms with Crippen molar-refractivity contribution in [2.75, 3.05) is 6.61 Å². The monoisotopic (exact) mass is 212 g/mol. The second kappa shape index (κ2) is 4.76. The van der Waals surface area contributed by atoms with E-state index in [1.54, 1.807) is 0 Å². The van der Waals surface area contributed by atoms with Gasteiger partial charge in [-0.25, -0.2) is 0 Å². The first kappa shape index (κ1) is 14.1. The van der Waals surface area contributed by atoms with Crippen LogP contribution in [0.1, 0.15) is 48.5 Å². The molecule has 0 aliphatic rings. The summed E-state index contributed by atoms with van der Waals surface area (Å²) >= 11 is 0. The van der Waals surface area contributed by atoms with Crippen LogP contribution in [0.4, 0.5) is 0 Å². The Kier molecular flexibility index (Phi) is 4.48. The lowest BCUT2D eigenvalue weighted by Gasteiger charge is -2.31. The molecule has 0 atom stereocenters. The lowest BCUT2D eigenvalue weighted by atomic mass is 9.72. The van der Waals surface area contributed by atoms with E-state index in [0.29, 0.717) is 6.61 Å². The minimum atomic E-state index is -0.114. The first-order valence-electron chi connectivity index (χ1n) is 5.42. The molecule has 0 aromatic rings. The van der Waals surface area contributed by atoms with Crippen LogP contribution in [0.2, 0.25) is 0 Å². The fraction of sp³-hybridized carbons (Fsp3) is 0.769. The van der Waals surface area contributed by atoms with Gasteiger partial charge in [-0.1, -0.05) is 41.5 Å². The molecule has 0 saturated carbocycles. The predicted molar refractivity (Wildman–Crippen MR) is 63.7 cm³/mol. The van der Waals surface area contributed by atoms with Gasteiger partial charge in [-0.05, 0) is 29.1 Å². The average molecular weight is 212 g/mol. The molecule has 0 heterocycles. The first-order chi connectivity index (χ1) is 6.59. The number of aliphatic hydroxyl groups excluding tert-OH is 1. The molecule has 0 amide bonds. The van der Waals surface area contributed by atoms with Crippen LogP contribution in [0.15, 0.2) is 17.2 Å². The maximum atomic E-state index is 9.51. The van der Waals surface area contributed by atoms with Crippen molar-refractivity contribution in [1.29, 1.82) is 0 Å². The maximum absolute atomic E-state index is 9.51. The molecular formula is C13H24O2. The van der Waals surface area contributed by atoms with Crippen molar-refractivity contribution in [2.24, 2.45) is 10.8 Å². The predicted octanol–water partition coefficient (Wildman–Crippen LogP) is 4.04. The van der Waals surface area contributed by atoms with Gasteiger partial charge in [-0.15, -0.1) is 0 Å². The van der Waals surface area contributed by atoms with E-state index in [9.17, 15) is 5.11 Å². The van der Waals surface area contributed by atoms with E-state index in [4.69, 9.17) is 4.74 Å². The van der Waals surface area contributed by atoms with Gasteiger partial charge in [-0.3, -0.25) is 0 Å².